The van der Waals surface area contributed by atoms with E-state index < -0.39 is 14.8 Å². The number of amides is 1. The zero-order valence-corrected chi connectivity index (χ0v) is 16.0. The van der Waals surface area contributed by atoms with E-state index in [2.05, 4.69) is 10.6 Å². The van der Waals surface area contributed by atoms with E-state index in [4.69, 9.17) is 0 Å². The fourth-order valence-corrected chi connectivity index (χ4v) is 3.08. The van der Waals surface area contributed by atoms with Crippen molar-refractivity contribution in [2.24, 2.45) is 0 Å². The SMILES string of the molecule is CS(=O)(=O)c1ccc(NCCNC(=O)CCc2ccc(F)cc2)c([N+](=O)[O-])c1. The molecule has 10 heteroatoms. The molecule has 0 fully saturated rings. The first-order valence-corrected chi connectivity index (χ1v) is 10.3. The standard InChI is InChI=1S/C18H20FN3O5S/c1-28(26,27)15-7-8-16(17(12-15)22(24)25)20-10-11-21-18(23)9-4-13-2-5-14(19)6-3-13/h2-3,5-8,12,20H,4,9-11H2,1H3,(H,21,23). The van der Waals surface area contributed by atoms with Crippen LogP contribution in [0, 0.1) is 15.9 Å². The van der Waals surface area contributed by atoms with Crippen LogP contribution in [0.2, 0.25) is 0 Å². The normalized spacial score (nSPS) is 11.1. The van der Waals surface area contributed by atoms with E-state index >= 15 is 0 Å². The lowest BCUT2D eigenvalue weighted by Gasteiger charge is -2.09. The van der Waals surface area contributed by atoms with Crippen molar-refractivity contribution in [2.75, 3.05) is 24.7 Å². The summed E-state index contributed by atoms with van der Waals surface area (Å²) in [5, 5.41) is 16.7. The molecule has 0 bridgehead atoms. The van der Waals surface area contributed by atoms with Crippen molar-refractivity contribution in [1.82, 2.24) is 5.32 Å². The maximum absolute atomic E-state index is 12.8. The summed E-state index contributed by atoms with van der Waals surface area (Å²) in [5.41, 5.74) is 0.653. The van der Waals surface area contributed by atoms with E-state index in [1.807, 2.05) is 0 Å². The highest BCUT2D eigenvalue weighted by atomic mass is 32.2. The number of carbonyl (C=O) groups excluding carboxylic acids is 1. The second-order valence-electron chi connectivity index (χ2n) is 6.11. The lowest BCUT2D eigenvalue weighted by molar-refractivity contribution is -0.384. The predicted molar refractivity (Wildman–Crippen MR) is 102 cm³/mol. The van der Waals surface area contributed by atoms with Crippen molar-refractivity contribution >= 4 is 27.1 Å². The molecule has 2 aromatic rings. The molecule has 0 heterocycles. The van der Waals surface area contributed by atoms with Gasteiger partial charge in [-0.05, 0) is 36.2 Å². The third kappa shape index (κ3) is 6.31. The Kier molecular flexibility index (Phi) is 7.05. The summed E-state index contributed by atoms with van der Waals surface area (Å²) in [5.74, 6) is -0.536. The van der Waals surface area contributed by atoms with Crippen LogP contribution in [-0.4, -0.2) is 38.6 Å². The number of aryl methyl sites for hydroxylation is 1. The number of hydrogen-bond acceptors (Lipinski definition) is 6. The monoisotopic (exact) mass is 409 g/mol. The molecule has 2 rings (SSSR count). The summed E-state index contributed by atoms with van der Waals surface area (Å²) in [6.07, 6.45) is 1.67. The van der Waals surface area contributed by atoms with Crippen LogP contribution in [0.25, 0.3) is 0 Å². The Balaban J connectivity index is 1.83. The number of anilines is 1. The minimum atomic E-state index is -3.55. The Labute approximate surface area is 161 Å². The predicted octanol–water partition coefficient (Wildman–Crippen LogP) is 2.30. The van der Waals surface area contributed by atoms with Gasteiger partial charge in [-0.2, -0.15) is 0 Å². The third-order valence-corrected chi connectivity index (χ3v) is 5.02. The van der Waals surface area contributed by atoms with Crippen LogP contribution in [0.4, 0.5) is 15.8 Å². The molecule has 0 aliphatic heterocycles. The Morgan fingerprint density at radius 2 is 1.82 bits per heavy atom. The van der Waals surface area contributed by atoms with Gasteiger partial charge in [0.25, 0.3) is 5.69 Å². The van der Waals surface area contributed by atoms with Crippen molar-refractivity contribution in [3.8, 4) is 0 Å². The minimum absolute atomic E-state index is 0.140. The molecule has 0 saturated carbocycles. The largest absolute Gasteiger partial charge is 0.378 e. The van der Waals surface area contributed by atoms with Gasteiger partial charge in [0.2, 0.25) is 5.91 Å². The van der Waals surface area contributed by atoms with Gasteiger partial charge in [0.15, 0.2) is 9.84 Å². The number of nitrogens with one attached hydrogen (secondary N) is 2. The van der Waals surface area contributed by atoms with Crippen LogP contribution < -0.4 is 10.6 Å². The van der Waals surface area contributed by atoms with E-state index in [0.717, 1.165) is 17.9 Å². The molecule has 0 saturated heterocycles. The van der Waals surface area contributed by atoms with Gasteiger partial charge in [-0.3, -0.25) is 14.9 Å². The lowest BCUT2D eigenvalue weighted by Crippen LogP contribution is -2.29. The molecule has 0 aliphatic carbocycles. The summed E-state index contributed by atoms with van der Waals surface area (Å²) in [4.78, 5) is 22.2. The zero-order valence-electron chi connectivity index (χ0n) is 15.1. The molecular weight excluding hydrogens is 389 g/mol. The van der Waals surface area contributed by atoms with E-state index in [1.54, 1.807) is 12.1 Å². The molecule has 2 N–H and O–H groups in total. The average Bonchev–Trinajstić information content (AvgIpc) is 2.64. The molecule has 0 aromatic heterocycles. The maximum Gasteiger partial charge on any atom is 0.293 e. The zero-order chi connectivity index (χ0) is 20.7. The van der Waals surface area contributed by atoms with Gasteiger partial charge in [0.05, 0.1) is 9.82 Å². The minimum Gasteiger partial charge on any atom is -0.378 e. The van der Waals surface area contributed by atoms with E-state index in [0.29, 0.717) is 6.42 Å². The van der Waals surface area contributed by atoms with Crippen molar-refractivity contribution in [3.05, 3.63) is 64.0 Å². The summed E-state index contributed by atoms with van der Waals surface area (Å²) in [6.45, 7) is 0.453. The van der Waals surface area contributed by atoms with Gasteiger partial charge in [-0.1, -0.05) is 12.1 Å². The first-order chi connectivity index (χ1) is 13.2. The van der Waals surface area contributed by atoms with Gasteiger partial charge in [-0.25, -0.2) is 12.8 Å². The molecule has 0 atom stereocenters. The highest BCUT2D eigenvalue weighted by Gasteiger charge is 2.18. The van der Waals surface area contributed by atoms with Crippen LogP contribution in [-0.2, 0) is 21.1 Å². The summed E-state index contributed by atoms with van der Waals surface area (Å²) in [7, 11) is -3.55. The smallest absolute Gasteiger partial charge is 0.293 e. The Morgan fingerprint density at radius 1 is 1.14 bits per heavy atom. The quantitative estimate of drug-likeness (QED) is 0.373. The molecule has 1 amide bonds. The summed E-state index contributed by atoms with van der Waals surface area (Å²) in [6, 6.07) is 9.50. The molecule has 8 nitrogen and oxygen atoms in total. The topological polar surface area (TPSA) is 118 Å². The van der Waals surface area contributed by atoms with Crippen LogP contribution in [0.5, 0.6) is 0 Å². The summed E-state index contributed by atoms with van der Waals surface area (Å²) < 4.78 is 35.9. The number of benzene rings is 2. The van der Waals surface area contributed by atoms with Gasteiger partial charge < -0.3 is 10.6 Å². The molecule has 0 spiro atoms. The van der Waals surface area contributed by atoms with E-state index in [9.17, 15) is 27.7 Å². The van der Waals surface area contributed by atoms with Crippen LogP contribution in [0.1, 0.15) is 12.0 Å². The number of carbonyl (C=O) groups is 1. The number of halogens is 1. The summed E-state index contributed by atoms with van der Waals surface area (Å²) >= 11 is 0. The highest BCUT2D eigenvalue weighted by Crippen LogP contribution is 2.27. The Hall–Kier alpha value is -3.01. The fraction of sp³-hybridized carbons (Fsp3) is 0.278. The second kappa shape index (κ2) is 9.27. The van der Waals surface area contributed by atoms with Crippen molar-refractivity contribution < 1.29 is 22.5 Å². The molecule has 0 radical (unpaired) electrons. The molecule has 150 valence electrons. The van der Waals surface area contributed by atoms with Crippen molar-refractivity contribution in [3.63, 3.8) is 0 Å². The first-order valence-electron chi connectivity index (χ1n) is 8.40. The third-order valence-electron chi connectivity index (χ3n) is 3.91. The first kappa shape index (κ1) is 21.3. The van der Waals surface area contributed by atoms with Crippen molar-refractivity contribution in [2.45, 2.75) is 17.7 Å². The molecule has 28 heavy (non-hydrogen) atoms. The van der Waals surface area contributed by atoms with Crippen LogP contribution >= 0.6 is 0 Å². The van der Waals surface area contributed by atoms with Gasteiger partial charge in [0.1, 0.15) is 11.5 Å². The molecule has 2 aromatic carbocycles. The van der Waals surface area contributed by atoms with Crippen LogP contribution in [0.3, 0.4) is 0 Å². The number of nitro benzene ring substituents is 1. The van der Waals surface area contributed by atoms with Gasteiger partial charge in [0, 0.05) is 31.8 Å². The van der Waals surface area contributed by atoms with Crippen molar-refractivity contribution in [1.29, 1.82) is 0 Å². The number of sulfone groups is 1. The average molecular weight is 409 g/mol. The van der Waals surface area contributed by atoms with E-state index in [-0.39, 0.29) is 47.5 Å². The number of hydrogen-bond donors (Lipinski definition) is 2. The maximum atomic E-state index is 12.8. The van der Waals surface area contributed by atoms with Gasteiger partial charge in [-0.15, -0.1) is 0 Å². The Bertz CT molecular complexity index is 962. The second-order valence-corrected chi connectivity index (χ2v) is 8.13. The van der Waals surface area contributed by atoms with Crippen LogP contribution in [0.15, 0.2) is 47.4 Å². The number of nitrogens with zero attached hydrogens (tertiary/aromatic N) is 1. The number of rotatable bonds is 9. The molecule has 0 aliphatic rings. The van der Waals surface area contributed by atoms with E-state index in [1.165, 1.54) is 24.3 Å². The Morgan fingerprint density at radius 3 is 2.43 bits per heavy atom. The molecule has 0 unspecified atom stereocenters. The number of nitro groups is 1. The van der Waals surface area contributed by atoms with Gasteiger partial charge >= 0.3 is 0 Å². The fourth-order valence-electron chi connectivity index (χ4n) is 2.44. The molecular formula is C18H20FN3O5S. The highest BCUT2D eigenvalue weighted by molar-refractivity contribution is 7.90. The lowest BCUT2D eigenvalue weighted by atomic mass is 10.1.